The summed E-state index contributed by atoms with van der Waals surface area (Å²) in [6.07, 6.45) is 1.80. The van der Waals surface area contributed by atoms with Crippen molar-refractivity contribution in [1.29, 1.82) is 5.26 Å². The molecule has 0 fully saturated rings. The molecule has 2 aromatic rings. The Hall–Kier alpha value is -2.28. The molecule has 2 rings (SSSR count). The normalized spacial score (nSPS) is 9.94. The van der Waals surface area contributed by atoms with Crippen LogP contribution in [0.2, 0.25) is 0 Å². The van der Waals surface area contributed by atoms with Gasteiger partial charge in [0.2, 0.25) is 0 Å². The number of H-pyrrole nitrogens is 1. The van der Waals surface area contributed by atoms with Gasteiger partial charge in [0.05, 0.1) is 17.4 Å². The molecule has 1 aromatic carbocycles. The van der Waals surface area contributed by atoms with Crippen molar-refractivity contribution in [2.24, 2.45) is 0 Å². The van der Waals surface area contributed by atoms with Crippen molar-refractivity contribution < 1.29 is 0 Å². The first-order valence-corrected chi connectivity index (χ1v) is 5.44. The average Bonchev–Trinajstić information content (AvgIpc) is 2.72. The summed E-state index contributed by atoms with van der Waals surface area (Å²) >= 11 is 0. The van der Waals surface area contributed by atoms with Crippen LogP contribution in [-0.2, 0) is 6.54 Å². The molecule has 0 bridgehead atoms. The number of benzene rings is 1. The van der Waals surface area contributed by atoms with Crippen LogP contribution in [0.15, 0.2) is 24.4 Å². The second-order valence-electron chi connectivity index (χ2n) is 4.03. The number of aromatic nitrogens is 2. The minimum Gasteiger partial charge on any atom is -0.380 e. The van der Waals surface area contributed by atoms with Gasteiger partial charge in [-0.1, -0.05) is 6.07 Å². The molecule has 17 heavy (non-hydrogen) atoms. The zero-order valence-electron chi connectivity index (χ0n) is 9.91. The van der Waals surface area contributed by atoms with E-state index >= 15 is 0 Å². The van der Waals surface area contributed by atoms with Crippen molar-refractivity contribution >= 4 is 5.69 Å². The third kappa shape index (κ3) is 2.45. The first kappa shape index (κ1) is 11.2. The second kappa shape index (κ2) is 4.71. The highest BCUT2D eigenvalue weighted by atomic mass is 15.1. The molecule has 2 N–H and O–H groups in total. The summed E-state index contributed by atoms with van der Waals surface area (Å²) in [5.41, 5.74) is 4.82. The largest absolute Gasteiger partial charge is 0.380 e. The second-order valence-corrected chi connectivity index (χ2v) is 4.03. The molecule has 86 valence electrons. The smallest absolute Gasteiger partial charge is 0.101 e. The molecule has 0 aliphatic heterocycles. The lowest BCUT2D eigenvalue weighted by molar-refractivity contribution is 1.04. The predicted octanol–water partition coefficient (Wildman–Crippen LogP) is 2.51. The molecule has 0 radical (unpaired) electrons. The minimum absolute atomic E-state index is 0.664. The summed E-state index contributed by atoms with van der Waals surface area (Å²) in [7, 11) is 0. The van der Waals surface area contributed by atoms with E-state index in [4.69, 9.17) is 5.26 Å². The van der Waals surface area contributed by atoms with Gasteiger partial charge in [0.1, 0.15) is 6.07 Å². The van der Waals surface area contributed by atoms with Crippen molar-refractivity contribution in [3.8, 4) is 6.07 Å². The van der Waals surface area contributed by atoms with Crippen molar-refractivity contribution in [3.63, 3.8) is 0 Å². The van der Waals surface area contributed by atoms with Crippen LogP contribution in [0.25, 0.3) is 0 Å². The fourth-order valence-electron chi connectivity index (χ4n) is 1.65. The molecule has 0 saturated carbocycles. The Labute approximate surface area is 100 Å². The van der Waals surface area contributed by atoms with E-state index in [9.17, 15) is 0 Å². The Morgan fingerprint density at radius 2 is 2.24 bits per heavy atom. The molecule has 4 nitrogen and oxygen atoms in total. The molecule has 0 saturated heterocycles. The van der Waals surface area contributed by atoms with E-state index in [1.165, 1.54) is 0 Å². The number of nitriles is 1. The number of nitrogens with one attached hydrogen (secondary N) is 2. The van der Waals surface area contributed by atoms with Gasteiger partial charge in [0.15, 0.2) is 0 Å². The molecule has 1 aromatic heterocycles. The topological polar surface area (TPSA) is 64.5 Å². The number of hydrogen-bond donors (Lipinski definition) is 2. The average molecular weight is 226 g/mol. The maximum atomic E-state index is 9.01. The van der Waals surface area contributed by atoms with Crippen LogP contribution in [0.5, 0.6) is 0 Å². The maximum Gasteiger partial charge on any atom is 0.101 e. The highest BCUT2D eigenvalue weighted by Crippen LogP contribution is 2.17. The number of rotatable bonds is 3. The third-order valence-electron chi connectivity index (χ3n) is 2.70. The number of nitrogens with zero attached hydrogens (tertiary/aromatic N) is 2. The van der Waals surface area contributed by atoms with Gasteiger partial charge in [0.25, 0.3) is 0 Å². The van der Waals surface area contributed by atoms with Gasteiger partial charge in [0, 0.05) is 17.8 Å². The van der Waals surface area contributed by atoms with E-state index in [0.29, 0.717) is 12.1 Å². The Morgan fingerprint density at radius 3 is 2.88 bits per heavy atom. The quantitative estimate of drug-likeness (QED) is 0.845. The van der Waals surface area contributed by atoms with E-state index in [2.05, 4.69) is 21.6 Å². The molecule has 0 spiro atoms. The van der Waals surface area contributed by atoms with E-state index in [0.717, 1.165) is 22.5 Å². The van der Waals surface area contributed by atoms with Crippen molar-refractivity contribution in [1.82, 2.24) is 10.2 Å². The Kier molecular flexibility index (Phi) is 3.10. The summed E-state index contributed by atoms with van der Waals surface area (Å²) in [4.78, 5) is 0. The molecule has 0 aliphatic rings. The lowest BCUT2D eigenvalue weighted by atomic mass is 10.1. The molecule has 0 unspecified atom stereocenters. The predicted molar refractivity (Wildman–Crippen MR) is 66.5 cm³/mol. The first-order valence-electron chi connectivity index (χ1n) is 5.44. The van der Waals surface area contributed by atoms with E-state index in [1.54, 1.807) is 6.20 Å². The van der Waals surface area contributed by atoms with E-state index in [-0.39, 0.29) is 0 Å². The van der Waals surface area contributed by atoms with Crippen molar-refractivity contribution in [2.45, 2.75) is 20.4 Å². The highest BCUT2D eigenvalue weighted by molar-refractivity contribution is 5.58. The van der Waals surface area contributed by atoms with Gasteiger partial charge >= 0.3 is 0 Å². The summed E-state index contributed by atoms with van der Waals surface area (Å²) < 4.78 is 0. The lowest BCUT2D eigenvalue weighted by Crippen LogP contribution is -2.02. The van der Waals surface area contributed by atoms with Gasteiger partial charge in [-0.15, -0.1) is 0 Å². The monoisotopic (exact) mass is 226 g/mol. The molecular weight excluding hydrogens is 212 g/mol. The van der Waals surface area contributed by atoms with Crippen LogP contribution < -0.4 is 5.32 Å². The van der Waals surface area contributed by atoms with E-state index in [1.807, 2.05) is 32.0 Å². The molecule has 4 heteroatoms. The fraction of sp³-hybridized carbons (Fsp3) is 0.231. The zero-order chi connectivity index (χ0) is 12.3. The Morgan fingerprint density at radius 1 is 1.41 bits per heavy atom. The molecule has 0 atom stereocenters. The standard InChI is InChI=1S/C13H14N4/c1-9-3-4-11(6-14)13(5-9)15-7-12-8-16-17-10(12)2/h3-5,8,15H,7H2,1-2H3,(H,16,17). The van der Waals surface area contributed by atoms with Crippen LogP contribution in [0.4, 0.5) is 5.69 Å². The van der Waals surface area contributed by atoms with Crippen LogP contribution in [-0.4, -0.2) is 10.2 Å². The summed E-state index contributed by atoms with van der Waals surface area (Å²) in [5.74, 6) is 0. The first-order chi connectivity index (χ1) is 8.20. The number of aromatic amines is 1. The Bertz CT molecular complexity index is 563. The van der Waals surface area contributed by atoms with Crippen LogP contribution in [0.3, 0.4) is 0 Å². The third-order valence-corrected chi connectivity index (χ3v) is 2.70. The van der Waals surface area contributed by atoms with Crippen LogP contribution >= 0.6 is 0 Å². The summed E-state index contributed by atoms with van der Waals surface area (Å²) in [5, 5.41) is 19.1. The van der Waals surface area contributed by atoms with E-state index < -0.39 is 0 Å². The summed E-state index contributed by atoms with van der Waals surface area (Å²) in [6, 6.07) is 7.93. The molecular formula is C13H14N4. The molecule has 0 aliphatic carbocycles. The summed E-state index contributed by atoms with van der Waals surface area (Å²) in [6.45, 7) is 4.65. The minimum atomic E-state index is 0.664. The van der Waals surface area contributed by atoms with Gasteiger partial charge in [-0.25, -0.2) is 0 Å². The highest BCUT2D eigenvalue weighted by Gasteiger charge is 2.04. The molecule has 1 heterocycles. The van der Waals surface area contributed by atoms with Gasteiger partial charge < -0.3 is 5.32 Å². The van der Waals surface area contributed by atoms with Crippen molar-refractivity contribution in [3.05, 3.63) is 46.8 Å². The van der Waals surface area contributed by atoms with Crippen molar-refractivity contribution in [2.75, 3.05) is 5.32 Å². The SMILES string of the molecule is Cc1ccc(C#N)c(NCc2cn[nH]c2C)c1. The number of aryl methyl sites for hydroxylation is 2. The van der Waals surface area contributed by atoms with Gasteiger partial charge in [-0.05, 0) is 31.5 Å². The molecule has 0 amide bonds. The van der Waals surface area contributed by atoms with Gasteiger partial charge in [-0.3, -0.25) is 5.10 Å². The lowest BCUT2D eigenvalue weighted by Gasteiger charge is -2.08. The van der Waals surface area contributed by atoms with Crippen LogP contribution in [0, 0.1) is 25.2 Å². The fourth-order valence-corrected chi connectivity index (χ4v) is 1.65. The maximum absolute atomic E-state index is 9.01. The van der Waals surface area contributed by atoms with Crippen LogP contribution in [0.1, 0.15) is 22.4 Å². The Balaban J connectivity index is 2.17. The van der Waals surface area contributed by atoms with Gasteiger partial charge in [-0.2, -0.15) is 10.4 Å². The number of hydrogen-bond acceptors (Lipinski definition) is 3. The zero-order valence-corrected chi connectivity index (χ0v) is 9.91. The number of anilines is 1.